The van der Waals surface area contributed by atoms with Crippen molar-refractivity contribution in [3.8, 4) is 0 Å². The average molecular weight is 375 g/mol. The molecular formula is C22H21N3O3. The summed E-state index contributed by atoms with van der Waals surface area (Å²) >= 11 is 0. The predicted octanol–water partition coefficient (Wildman–Crippen LogP) is 4.24. The number of rotatable bonds is 5. The number of hydrogen-bond acceptors (Lipinski definition) is 4. The smallest absolute Gasteiger partial charge is 0.414 e. The second-order valence-electron chi connectivity index (χ2n) is 6.73. The van der Waals surface area contributed by atoms with E-state index in [1.807, 2.05) is 66.7 Å². The second kappa shape index (κ2) is 7.60. The zero-order valence-corrected chi connectivity index (χ0v) is 15.5. The molecule has 0 aliphatic carbocycles. The Morgan fingerprint density at radius 1 is 1.00 bits per heavy atom. The number of cyclic esters (lactones) is 1. The zero-order chi connectivity index (χ0) is 19.5. The molecule has 0 aromatic heterocycles. The van der Waals surface area contributed by atoms with E-state index in [-0.39, 0.29) is 12.0 Å². The van der Waals surface area contributed by atoms with Crippen LogP contribution in [-0.4, -0.2) is 31.2 Å². The van der Waals surface area contributed by atoms with Crippen molar-refractivity contribution in [1.29, 1.82) is 0 Å². The zero-order valence-electron chi connectivity index (χ0n) is 15.5. The fraction of sp³-hybridized carbons (Fsp3) is 0.182. The molecule has 4 rings (SSSR count). The lowest BCUT2D eigenvalue weighted by Gasteiger charge is -2.18. The highest BCUT2D eigenvalue weighted by molar-refractivity contribution is 5.98. The van der Waals surface area contributed by atoms with Gasteiger partial charge in [0.15, 0.2) is 0 Å². The van der Waals surface area contributed by atoms with Gasteiger partial charge in [0.05, 0.1) is 6.54 Å². The first-order valence-electron chi connectivity index (χ1n) is 9.21. The highest BCUT2D eigenvalue weighted by Gasteiger charge is 2.23. The van der Waals surface area contributed by atoms with Crippen molar-refractivity contribution in [1.82, 2.24) is 0 Å². The molecule has 28 heavy (non-hydrogen) atoms. The first-order chi connectivity index (χ1) is 13.6. The molecule has 1 atom stereocenters. The summed E-state index contributed by atoms with van der Waals surface area (Å²) in [5.74, 6) is -0.138. The van der Waals surface area contributed by atoms with Gasteiger partial charge in [0.1, 0.15) is 12.6 Å². The van der Waals surface area contributed by atoms with Gasteiger partial charge in [0, 0.05) is 17.1 Å². The lowest BCUT2D eigenvalue weighted by atomic mass is 10.1. The van der Waals surface area contributed by atoms with Crippen LogP contribution in [0.15, 0.2) is 66.7 Å². The van der Waals surface area contributed by atoms with E-state index in [1.165, 1.54) is 0 Å². The minimum atomic E-state index is -0.452. The second-order valence-corrected chi connectivity index (χ2v) is 6.73. The highest BCUT2D eigenvalue weighted by Crippen LogP contribution is 2.23. The van der Waals surface area contributed by atoms with E-state index < -0.39 is 6.04 Å². The van der Waals surface area contributed by atoms with Crippen LogP contribution in [0.1, 0.15) is 6.92 Å². The van der Waals surface area contributed by atoms with Crippen LogP contribution < -0.4 is 15.5 Å². The molecule has 3 aromatic rings. The summed E-state index contributed by atoms with van der Waals surface area (Å²) in [5, 5.41) is 8.34. The quantitative estimate of drug-likeness (QED) is 0.700. The van der Waals surface area contributed by atoms with Crippen molar-refractivity contribution in [2.24, 2.45) is 0 Å². The van der Waals surface area contributed by atoms with Crippen molar-refractivity contribution >= 4 is 39.8 Å². The number of hydrogen-bond donors (Lipinski definition) is 2. The van der Waals surface area contributed by atoms with Crippen LogP contribution in [0.4, 0.5) is 21.9 Å². The first-order valence-corrected chi connectivity index (χ1v) is 9.21. The standard InChI is InChI=1S/C22H21N3O3/c1-15(21(26)24-19-10-9-16-5-2-3-6-17(16)13-19)23-18-7-4-8-20(14-18)25-11-12-28-22(25)27/h2-10,13-15,23H,11-12H2,1H3,(H,24,26)/t15-/m1/s1. The normalized spacial score (nSPS) is 14.6. The molecule has 2 N–H and O–H groups in total. The Labute approximate surface area is 163 Å². The minimum absolute atomic E-state index is 0.138. The molecule has 1 saturated heterocycles. The van der Waals surface area contributed by atoms with Crippen LogP contribution in [0.2, 0.25) is 0 Å². The molecule has 0 spiro atoms. The molecule has 1 aliphatic heterocycles. The lowest BCUT2D eigenvalue weighted by Crippen LogP contribution is -2.32. The largest absolute Gasteiger partial charge is 0.447 e. The molecule has 1 heterocycles. The predicted molar refractivity (Wildman–Crippen MR) is 111 cm³/mol. The molecule has 1 fully saturated rings. The Kier molecular flexibility index (Phi) is 4.85. The third kappa shape index (κ3) is 3.76. The number of amides is 2. The summed E-state index contributed by atoms with van der Waals surface area (Å²) in [6, 6.07) is 20.8. The lowest BCUT2D eigenvalue weighted by molar-refractivity contribution is -0.116. The van der Waals surface area contributed by atoms with Gasteiger partial charge in [-0.25, -0.2) is 4.79 Å². The molecule has 6 heteroatoms. The number of fused-ring (bicyclic) bond motifs is 1. The first kappa shape index (κ1) is 17.9. The number of nitrogens with zero attached hydrogens (tertiary/aromatic N) is 1. The summed E-state index contributed by atoms with van der Waals surface area (Å²) in [6.45, 7) is 2.72. The molecule has 0 radical (unpaired) electrons. The van der Waals surface area contributed by atoms with Gasteiger partial charge in [-0.2, -0.15) is 0 Å². The Morgan fingerprint density at radius 2 is 1.82 bits per heavy atom. The van der Waals surface area contributed by atoms with E-state index in [0.717, 1.165) is 27.8 Å². The summed E-state index contributed by atoms with van der Waals surface area (Å²) in [7, 11) is 0. The highest BCUT2D eigenvalue weighted by atomic mass is 16.6. The Morgan fingerprint density at radius 3 is 2.61 bits per heavy atom. The van der Waals surface area contributed by atoms with E-state index in [2.05, 4.69) is 10.6 Å². The van der Waals surface area contributed by atoms with E-state index in [9.17, 15) is 9.59 Å². The molecule has 6 nitrogen and oxygen atoms in total. The number of ether oxygens (including phenoxy) is 1. The number of carbonyl (C=O) groups excluding carboxylic acids is 2. The van der Waals surface area contributed by atoms with E-state index in [4.69, 9.17) is 4.74 Å². The van der Waals surface area contributed by atoms with Crippen molar-refractivity contribution in [3.63, 3.8) is 0 Å². The molecule has 0 bridgehead atoms. The van der Waals surface area contributed by atoms with Crippen LogP contribution in [0.5, 0.6) is 0 Å². The molecule has 0 saturated carbocycles. The molecule has 142 valence electrons. The van der Waals surface area contributed by atoms with Gasteiger partial charge in [-0.1, -0.05) is 36.4 Å². The molecule has 3 aromatic carbocycles. The monoisotopic (exact) mass is 375 g/mol. The number of benzene rings is 3. The maximum Gasteiger partial charge on any atom is 0.414 e. The van der Waals surface area contributed by atoms with Gasteiger partial charge in [-0.3, -0.25) is 9.69 Å². The maximum absolute atomic E-state index is 12.6. The van der Waals surface area contributed by atoms with Crippen molar-refractivity contribution in [2.75, 3.05) is 28.7 Å². The van der Waals surface area contributed by atoms with Gasteiger partial charge in [0.25, 0.3) is 0 Å². The van der Waals surface area contributed by atoms with Crippen LogP contribution in [0.3, 0.4) is 0 Å². The minimum Gasteiger partial charge on any atom is -0.447 e. The van der Waals surface area contributed by atoms with Crippen molar-refractivity contribution in [2.45, 2.75) is 13.0 Å². The van der Waals surface area contributed by atoms with Gasteiger partial charge < -0.3 is 15.4 Å². The fourth-order valence-corrected chi connectivity index (χ4v) is 3.22. The maximum atomic E-state index is 12.6. The van der Waals surface area contributed by atoms with Crippen LogP contribution in [0, 0.1) is 0 Å². The molecule has 1 aliphatic rings. The van der Waals surface area contributed by atoms with E-state index in [0.29, 0.717) is 13.2 Å². The Bertz CT molecular complexity index is 1030. The number of nitrogens with one attached hydrogen (secondary N) is 2. The molecule has 0 unspecified atom stereocenters. The average Bonchev–Trinajstić information content (AvgIpc) is 3.14. The summed E-state index contributed by atoms with van der Waals surface area (Å²) in [5.41, 5.74) is 2.26. The number of anilines is 3. The van der Waals surface area contributed by atoms with Gasteiger partial charge in [-0.15, -0.1) is 0 Å². The number of carbonyl (C=O) groups is 2. The fourth-order valence-electron chi connectivity index (χ4n) is 3.22. The topological polar surface area (TPSA) is 70.7 Å². The van der Waals surface area contributed by atoms with Gasteiger partial charge in [-0.05, 0) is 48.0 Å². The van der Waals surface area contributed by atoms with Crippen LogP contribution in [0.25, 0.3) is 10.8 Å². The van der Waals surface area contributed by atoms with E-state index in [1.54, 1.807) is 11.8 Å². The van der Waals surface area contributed by atoms with E-state index >= 15 is 0 Å². The van der Waals surface area contributed by atoms with Gasteiger partial charge >= 0.3 is 6.09 Å². The van der Waals surface area contributed by atoms with Crippen LogP contribution >= 0.6 is 0 Å². The summed E-state index contributed by atoms with van der Waals surface area (Å²) in [4.78, 5) is 25.9. The SMILES string of the molecule is C[C@@H](Nc1cccc(N2CCOC2=O)c1)C(=O)Nc1ccc2ccccc2c1. The van der Waals surface area contributed by atoms with Crippen molar-refractivity contribution in [3.05, 3.63) is 66.7 Å². The third-order valence-corrected chi connectivity index (χ3v) is 4.71. The van der Waals surface area contributed by atoms with Crippen molar-refractivity contribution < 1.29 is 14.3 Å². The summed E-state index contributed by atoms with van der Waals surface area (Å²) in [6.07, 6.45) is -0.348. The molecule has 2 amide bonds. The van der Waals surface area contributed by atoms with Gasteiger partial charge in [0.2, 0.25) is 5.91 Å². The summed E-state index contributed by atoms with van der Waals surface area (Å²) < 4.78 is 4.98. The molecular weight excluding hydrogens is 354 g/mol. The Hall–Kier alpha value is -3.54. The Balaban J connectivity index is 1.43. The third-order valence-electron chi connectivity index (χ3n) is 4.71. The van der Waals surface area contributed by atoms with Crippen LogP contribution in [-0.2, 0) is 9.53 Å².